The van der Waals surface area contributed by atoms with E-state index in [1.807, 2.05) is 0 Å². The number of hydrogen-bond donors (Lipinski definition) is 1. The first-order valence-electron chi connectivity index (χ1n) is 6.22. The van der Waals surface area contributed by atoms with Crippen LogP contribution in [-0.2, 0) is 9.84 Å². The van der Waals surface area contributed by atoms with Gasteiger partial charge in [-0.15, -0.1) is 0 Å². The minimum atomic E-state index is -2.98. The minimum absolute atomic E-state index is 0.116. The van der Waals surface area contributed by atoms with Gasteiger partial charge in [-0.3, -0.25) is 0 Å². The van der Waals surface area contributed by atoms with Crippen LogP contribution in [0.5, 0.6) is 0 Å². The van der Waals surface area contributed by atoms with Crippen LogP contribution in [-0.4, -0.2) is 27.0 Å². The van der Waals surface area contributed by atoms with Crippen LogP contribution in [0.15, 0.2) is 18.2 Å². The van der Waals surface area contributed by atoms with Crippen molar-refractivity contribution in [1.29, 1.82) is 0 Å². The molecule has 0 radical (unpaired) electrons. The van der Waals surface area contributed by atoms with Gasteiger partial charge < -0.3 is 5.32 Å². The molecule has 0 aliphatic rings. The summed E-state index contributed by atoms with van der Waals surface area (Å²) in [6, 6.07) is 3.55. The third-order valence-corrected chi connectivity index (χ3v) is 4.87. The van der Waals surface area contributed by atoms with Crippen molar-refractivity contribution < 1.29 is 17.2 Å². The summed E-state index contributed by atoms with van der Waals surface area (Å²) in [5, 5.41) is 2.99. The van der Waals surface area contributed by atoms with Crippen LogP contribution in [0.4, 0.5) is 8.78 Å². The standard InChI is InChI=1S/C13H19F2NO2S/c1-3-19(17,18)8-4-5-13(16-2)10-6-7-11(14)12(15)9-10/h6-7,9,13,16H,3-5,8H2,1-2H3. The van der Waals surface area contributed by atoms with Crippen LogP contribution >= 0.6 is 0 Å². The van der Waals surface area contributed by atoms with Gasteiger partial charge in [0.05, 0.1) is 5.75 Å². The number of rotatable bonds is 7. The number of benzene rings is 1. The number of hydrogen-bond acceptors (Lipinski definition) is 3. The Morgan fingerprint density at radius 1 is 1.26 bits per heavy atom. The van der Waals surface area contributed by atoms with Gasteiger partial charge in [-0.2, -0.15) is 0 Å². The molecule has 1 unspecified atom stereocenters. The van der Waals surface area contributed by atoms with E-state index in [4.69, 9.17) is 0 Å². The molecule has 1 aromatic rings. The van der Waals surface area contributed by atoms with Gasteiger partial charge in [-0.1, -0.05) is 13.0 Å². The first kappa shape index (κ1) is 16.0. The van der Waals surface area contributed by atoms with E-state index in [-0.39, 0.29) is 17.5 Å². The molecular weight excluding hydrogens is 272 g/mol. The topological polar surface area (TPSA) is 46.2 Å². The van der Waals surface area contributed by atoms with E-state index in [1.54, 1.807) is 14.0 Å². The average Bonchev–Trinajstić information content (AvgIpc) is 2.38. The molecule has 0 saturated carbocycles. The molecule has 108 valence electrons. The number of sulfone groups is 1. The highest BCUT2D eigenvalue weighted by Gasteiger charge is 2.14. The zero-order chi connectivity index (χ0) is 14.5. The fourth-order valence-corrected chi connectivity index (χ4v) is 2.75. The van der Waals surface area contributed by atoms with Gasteiger partial charge in [0, 0.05) is 11.8 Å². The maximum atomic E-state index is 13.1. The minimum Gasteiger partial charge on any atom is -0.313 e. The Hall–Kier alpha value is -1.01. The highest BCUT2D eigenvalue weighted by molar-refractivity contribution is 7.91. The Morgan fingerprint density at radius 3 is 2.47 bits per heavy atom. The molecule has 19 heavy (non-hydrogen) atoms. The molecule has 0 fully saturated rings. The highest BCUT2D eigenvalue weighted by atomic mass is 32.2. The fourth-order valence-electron chi connectivity index (χ4n) is 1.86. The van der Waals surface area contributed by atoms with Gasteiger partial charge in [0.1, 0.15) is 9.84 Å². The lowest BCUT2D eigenvalue weighted by molar-refractivity contribution is 0.495. The Labute approximate surface area is 112 Å². The molecule has 0 spiro atoms. The highest BCUT2D eigenvalue weighted by Crippen LogP contribution is 2.20. The fraction of sp³-hybridized carbons (Fsp3) is 0.538. The Kier molecular flexibility index (Phi) is 5.87. The quantitative estimate of drug-likeness (QED) is 0.839. The molecule has 0 amide bonds. The zero-order valence-corrected chi connectivity index (χ0v) is 11.9. The second-order valence-electron chi connectivity index (χ2n) is 4.39. The van der Waals surface area contributed by atoms with Crippen molar-refractivity contribution in [3.8, 4) is 0 Å². The van der Waals surface area contributed by atoms with Crippen LogP contribution in [0.3, 0.4) is 0 Å². The molecule has 6 heteroatoms. The van der Waals surface area contributed by atoms with Crippen molar-refractivity contribution in [3.05, 3.63) is 35.4 Å². The second-order valence-corrected chi connectivity index (χ2v) is 6.87. The van der Waals surface area contributed by atoms with Crippen LogP contribution in [0.2, 0.25) is 0 Å². The molecule has 1 N–H and O–H groups in total. The Bertz CT molecular complexity index is 517. The predicted octanol–water partition coefficient (Wildman–Crippen LogP) is 2.44. The summed E-state index contributed by atoms with van der Waals surface area (Å²) in [7, 11) is -1.27. The summed E-state index contributed by atoms with van der Waals surface area (Å²) in [4.78, 5) is 0. The van der Waals surface area contributed by atoms with E-state index in [2.05, 4.69) is 5.32 Å². The average molecular weight is 291 g/mol. The molecule has 3 nitrogen and oxygen atoms in total. The van der Waals surface area contributed by atoms with E-state index < -0.39 is 21.5 Å². The van der Waals surface area contributed by atoms with Crippen LogP contribution in [0, 0.1) is 11.6 Å². The monoisotopic (exact) mass is 291 g/mol. The van der Waals surface area contributed by atoms with E-state index in [0.717, 1.165) is 12.1 Å². The van der Waals surface area contributed by atoms with E-state index in [9.17, 15) is 17.2 Å². The van der Waals surface area contributed by atoms with E-state index >= 15 is 0 Å². The number of halogens is 2. The summed E-state index contributed by atoms with van der Waals surface area (Å²) in [6.45, 7) is 1.61. The lowest BCUT2D eigenvalue weighted by Crippen LogP contribution is -2.18. The Balaban J connectivity index is 2.66. The summed E-state index contributed by atoms with van der Waals surface area (Å²) in [6.07, 6.45) is 1.04. The van der Waals surface area contributed by atoms with Crippen LogP contribution < -0.4 is 5.32 Å². The lowest BCUT2D eigenvalue weighted by Gasteiger charge is -2.16. The van der Waals surface area contributed by atoms with Crippen LogP contribution in [0.25, 0.3) is 0 Å². The molecule has 1 atom stereocenters. The third kappa shape index (κ3) is 4.87. The maximum absolute atomic E-state index is 13.1. The van der Waals surface area contributed by atoms with E-state index in [1.165, 1.54) is 6.07 Å². The van der Waals surface area contributed by atoms with Crippen molar-refractivity contribution >= 4 is 9.84 Å². The largest absolute Gasteiger partial charge is 0.313 e. The van der Waals surface area contributed by atoms with Crippen LogP contribution in [0.1, 0.15) is 31.4 Å². The van der Waals surface area contributed by atoms with Crippen molar-refractivity contribution in [1.82, 2.24) is 5.32 Å². The molecule has 1 rings (SSSR count). The summed E-state index contributed by atoms with van der Waals surface area (Å²) in [5.41, 5.74) is 0.621. The number of nitrogens with one attached hydrogen (secondary N) is 1. The second kappa shape index (κ2) is 6.96. The van der Waals surface area contributed by atoms with Crippen molar-refractivity contribution in [2.24, 2.45) is 0 Å². The maximum Gasteiger partial charge on any atom is 0.159 e. The Morgan fingerprint density at radius 2 is 1.95 bits per heavy atom. The molecule has 0 saturated heterocycles. The first-order chi connectivity index (χ1) is 8.89. The summed E-state index contributed by atoms with van der Waals surface area (Å²) >= 11 is 0. The molecule has 0 aromatic heterocycles. The normalized spacial score (nSPS) is 13.5. The van der Waals surface area contributed by atoms with Gasteiger partial charge >= 0.3 is 0 Å². The van der Waals surface area contributed by atoms with Crippen molar-refractivity contribution in [2.45, 2.75) is 25.8 Å². The molecule has 0 bridgehead atoms. The smallest absolute Gasteiger partial charge is 0.159 e. The molecule has 0 heterocycles. The molecular formula is C13H19F2NO2S. The molecule has 0 aliphatic heterocycles. The zero-order valence-electron chi connectivity index (χ0n) is 11.1. The van der Waals surface area contributed by atoms with Crippen molar-refractivity contribution in [2.75, 3.05) is 18.6 Å². The van der Waals surface area contributed by atoms with Gasteiger partial charge in [0.25, 0.3) is 0 Å². The molecule has 0 aliphatic carbocycles. The third-order valence-electron chi connectivity index (χ3n) is 3.08. The lowest BCUT2D eigenvalue weighted by atomic mass is 10.0. The van der Waals surface area contributed by atoms with Gasteiger partial charge in [0.15, 0.2) is 11.6 Å². The van der Waals surface area contributed by atoms with Crippen molar-refractivity contribution in [3.63, 3.8) is 0 Å². The van der Waals surface area contributed by atoms with Gasteiger partial charge in [0.2, 0.25) is 0 Å². The molecule has 1 aromatic carbocycles. The predicted molar refractivity (Wildman–Crippen MR) is 71.7 cm³/mol. The van der Waals surface area contributed by atoms with E-state index in [0.29, 0.717) is 18.4 Å². The van der Waals surface area contributed by atoms with Gasteiger partial charge in [-0.05, 0) is 37.6 Å². The SMILES string of the molecule is CCS(=O)(=O)CCCC(NC)c1ccc(F)c(F)c1. The summed E-state index contributed by atoms with van der Waals surface area (Å²) < 4.78 is 48.7. The van der Waals surface area contributed by atoms with Gasteiger partial charge in [-0.25, -0.2) is 17.2 Å². The summed E-state index contributed by atoms with van der Waals surface area (Å²) in [5.74, 6) is -1.53. The first-order valence-corrected chi connectivity index (χ1v) is 8.04.